The number of anilines is 1. The SMILES string of the molecule is CC(C)NC(=O)c1cc(NC=O)ccc1Cl. The van der Waals surface area contributed by atoms with Crippen molar-refractivity contribution < 1.29 is 9.59 Å². The number of hydrogen-bond acceptors (Lipinski definition) is 2. The molecular formula is C11H13ClN2O2. The summed E-state index contributed by atoms with van der Waals surface area (Å²) in [7, 11) is 0. The van der Waals surface area contributed by atoms with Crippen LogP contribution in [0.25, 0.3) is 0 Å². The van der Waals surface area contributed by atoms with Crippen LogP contribution in [0.2, 0.25) is 5.02 Å². The van der Waals surface area contributed by atoms with Crippen LogP contribution in [-0.2, 0) is 4.79 Å². The summed E-state index contributed by atoms with van der Waals surface area (Å²) in [5.74, 6) is -0.255. The largest absolute Gasteiger partial charge is 0.350 e. The van der Waals surface area contributed by atoms with Crippen LogP contribution in [0.5, 0.6) is 0 Å². The third kappa shape index (κ3) is 3.24. The van der Waals surface area contributed by atoms with Crippen molar-refractivity contribution >= 4 is 29.6 Å². The van der Waals surface area contributed by atoms with E-state index in [9.17, 15) is 9.59 Å². The Hall–Kier alpha value is -1.55. The molecule has 0 heterocycles. The van der Waals surface area contributed by atoms with Crippen molar-refractivity contribution in [3.63, 3.8) is 0 Å². The minimum absolute atomic E-state index is 0.0336. The van der Waals surface area contributed by atoms with E-state index in [4.69, 9.17) is 11.6 Å². The third-order valence-electron chi connectivity index (χ3n) is 1.86. The predicted octanol–water partition coefficient (Wildman–Crippen LogP) is 2.05. The average Bonchev–Trinajstić information content (AvgIpc) is 2.20. The first-order valence-electron chi connectivity index (χ1n) is 4.85. The van der Waals surface area contributed by atoms with E-state index in [1.165, 1.54) is 6.07 Å². The van der Waals surface area contributed by atoms with Gasteiger partial charge in [0.2, 0.25) is 6.41 Å². The maximum atomic E-state index is 11.7. The fourth-order valence-corrected chi connectivity index (χ4v) is 1.40. The molecule has 86 valence electrons. The van der Waals surface area contributed by atoms with E-state index in [1.807, 2.05) is 13.8 Å². The van der Waals surface area contributed by atoms with Gasteiger partial charge in [-0.05, 0) is 32.0 Å². The summed E-state index contributed by atoms with van der Waals surface area (Å²) in [5, 5.41) is 5.55. The third-order valence-corrected chi connectivity index (χ3v) is 2.19. The zero-order chi connectivity index (χ0) is 12.1. The Bertz CT molecular complexity index is 405. The van der Waals surface area contributed by atoms with Crippen LogP contribution < -0.4 is 10.6 Å². The van der Waals surface area contributed by atoms with E-state index in [1.54, 1.807) is 12.1 Å². The highest BCUT2D eigenvalue weighted by Crippen LogP contribution is 2.20. The second-order valence-corrected chi connectivity index (χ2v) is 3.99. The Balaban J connectivity index is 2.97. The van der Waals surface area contributed by atoms with Crippen LogP contribution in [0.4, 0.5) is 5.69 Å². The maximum Gasteiger partial charge on any atom is 0.253 e. The number of carbonyl (C=O) groups excluding carboxylic acids is 2. The van der Waals surface area contributed by atoms with Crippen molar-refractivity contribution in [1.82, 2.24) is 5.32 Å². The number of benzene rings is 1. The van der Waals surface area contributed by atoms with Gasteiger partial charge in [-0.25, -0.2) is 0 Å². The van der Waals surface area contributed by atoms with Gasteiger partial charge in [0.05, 0.1) is 10.6 Å². The zero-order valence-electron chi connectivity index (χ0n) is 9.08. The summed E-state index contributed by atoms with van der Waals surface area (Å²) in [5.41, 5.74) is 0.885. The summed E-state index contributed by atoms with van der Waals surface area (Å²) >= 11 is 5.90. The molecule has 0 fully saturated rings. The van der Waals surface area contributed by atoms with E-state index in [-0.39, 0.29) is 11.9 Å². The summed E-state index contributed by atoms with van der Waals surface area (Å²) in [6.45, 7) is 3.72. The molecule has 2 amide bonds. The smallest absolute Gasteiger partial charge is 0.253 e. The van der Waals surface area contributed by atoms with Gasteiger partial charge >= 0.3 is 0 Å². The second kappa shape index (κ2) is 5.51. The van der Waals surface area contributed by atoms with Crippen LogP contribution in [-0.4, -0.2) is 18.4 Å². The summed E-state index contributed by atoms with van der Waals surface area (Å²) in [6.07, 6.45) is 0.549. The Morgan fingerprint density at radius 2 is 2.12 bits per heavy atom. The van der Waals surface area contributed by atoms with Crippen molar-refractivity contribution in [2.24, 2.45) is 0 Å². The van der Waals surface area contributed by atoms with Crippen LogP contribution in [0.1, 0.15) is 24.2 Å². The van der Waals surface area contributed by atoms with Gasteiger partial charge in [0.15, 0.2) is 0 Å². The lowest BCUT2D eigenvalue weighted by Crippen LogP contribution is -2.30. The number of amides is 2. The highest BCUT2D eigenvalue weighted by molar-refractivity contribution is 6.34. The van der Waals surface area contributed by atoms with Crippen molar-refractivity contribution in [1.29, 1.82) is 0 Å². The van der Waals surface area contributed by atoms with Gasteiger partial charge in [0.25, 0.3) is 5.91 Å². The van der Waals surface area contributed by atoms with Gasteiger partial charge in [0, 0.05) is 11.7 Å². The molecule has 0 atom stereocenters. The number of rotatable bonds is 4. The maximum absolute atomic E-state index is 11.7. The molecule has 0 aliphatic carbocycles. The minimum atomic E-state index is -0.255. The fourth-order valence-electron chi connectivity index (χ4n) is 1.20. The zero-order valence-corrected chi connectivity index (χ0v) is 9.84. The summed E-state index contributed by atoms with van der Waals surface area (Å²) in [6, 6.07) is 4.77. The van der Waals surface area contributed by atoms with E-state index in [0.29, 0.717) is 22.7 Å². The first-order chi connectivity index (χ1) is 7.54. The van der Waals surface area contributed by atoms with Gasteiger partial charge in [0.1, 0.15) is 0 Å². The molecule has 4 nitrogen and oxygen atoms in total. The molecule has 1 rings (SSSR count). The lowest BCUT2D eigenvalue weighted by Gasteiger charge is -2.10. The van der Waals surface area contributed by atoms with Gasteiger partial charge in [-0.2, -0.15) is 0 Å². The van der Waals surface area contributed by atoms with Gasteiger partial charge in [-0.15, -0.1) is 0 Å². The highest BCUT2D eigenvalue weighted by atomic mass is 35.5. The predicted molar refractivity (Wildman–Crippen MR) is 63.7 cm³/mol. The molecule has 0 aromatic heterocycles. The summed E-state index contributed by atoms with van der Waals surface area (Å²) < 4.78 is 0. The molecule has 16 heavy (non-hydrogen) atoms. The van der Waals surface area contributed by atoms with Crippen molar-refractivity contribution in [2.75, 3.05) is 5.32 Å². The topological polar surface area (TPSA) is 58.2 Å². The van der Waals surface area contributed by atoms with Crippen LogP contribution in [0.3, 0.4) is 0 Å². The van der Waals surface area contributed by atoms with Crippen LogP contribution in [0, 0.1) is 0 Å². The van der Waals surface area contributed by atoms with Crippen molar-refractivity contribution in [3.8, 4) is 0 Å². The number of hydrogen-bond donors (Lipinski definition) is 2. The lowest BCUT2D eigenvalue weighted by molar-refractivity contribution is -0.105. The van der Waals surface area contributed by atoms with Crippen LogP contribution in [0.15, 0.2) is 18.2 Å². The normalized spacial score (nSPS) is 10.0. The van der Waals surface area contributed by atoms with E-state index in [0.717, 1.165) is 0 Å². The highest BCUT2D eigenvalue weighted by Gasteiger charge is 2.11. The van der Waals surface area contributed by atoms with Gasteiger partial charge in [-0.3, -0.25) is 9.59 Å². The fraction of sp³-hybridized carbons (Fsp3) is 0.273. The Kier molecular flexibility index (Phi) is 4.31. The molecule has 2 N–H and O–H groups in total. The molecule has 1 aromatic carbocycles. The molecule has 0 spiro atoms. The molecule has 0 aliphatic heterocycles. The number of carbonyl (C=O) groups is 2. The molecule has 1 aromatic rings. The first kappa shape index (κ1) is 12.5. The Morgan fingerprint density at radius 1 is 1.44 bits per heavy atom. The minimum Gasteiger partial charge on any atom is -0.350 e. The van der Waals surface area contributed by atoms with Crippen LogP contribution >= 0.6 is 11.6 Å². The number of nitrogens with one attached hydrogen (secondary N) is 2. The Labute approximate surface area is 99.0 Å². The summed E-state index contributed by atoms with van der Waals surface area (Å²) in [4.78, 5) is 22.0. The van der Waals surface area contributed by atoms with Crippen molar-refractivity contribution in [2.45, 2.75) is 19.9 Å². The van der Waals surface area contributed by atoms with Gasteiger partial charge in [-0.1, -0.05) is 11.6 Å². The molecule has 0 aliphatic rings. The second-order valence-electron chi connectivity index (χ2n) is 3.58. The standard InChI is InChI=1S/C11H13ClN2O2/c1-7(2)14-11(16)9-5-8(13-6-15)3-4-10(9)12/h3-7H,1-2H3,(H,13,15)(H,14,16). The Morgan fingerprint density at radius 3 is 2.69 bits per heavy atom. The monoisotopic (exact) mass is 240 g/mol. The lowest BCUT2D eigenvalue weighted by atomic mass is 10.1. The number of halogens is 1. The first-order valence-corrected chi connectivity index (χ1v) is 5.23. The van der Waals surface area contributed by atoms with E-state index >= 15 is 0 Å². The molecule has 0 unspecified atom stereocenters. The quantitative estimate of drug-likeness (QED) is 0.792. The molecule has 0 bridgehead atoms. The van der Waals surface area contributed by atoms with E-state index < -0.39 is 0 Å². The molecule has 5 heteroatoms. The molecule has 0 saturated heterocycles. The molecular weight excluding hydrogens is 228 g/mol. The molecule has 0 radical (unpaired) electrons. The molecule has 0 saturated carbocycles. The van der Waals surface area contributed by atoms with E-state index in [2.05, 4.69) is 10.6 Å². The van der Waals surface area contributed by atoms with Gasteiger partial charge < -0.3 is 10.6 Å². The average molecular weight is 241 g/mol. The van der Waals surface area contributed by atoms with Crippen molar-refractivity contribution in [3.05, 3.63) is 28.8 Å².